The minimum absolute atomic E-state index is 0.0515. The van der Waals surface area contributed by atoms with E-state index in [0.717, 1.165) is 25.8 Å². The van der Waals surface area contributed by atoms with E-state index >= 15 is 0 Å². The molecule has 1 aliphatic heterocycles. The molecule has 1 aliphatic carbocycles. The van der Waals surface area contributed by atoms with Crippen LogP contribution in [0.2, 0.25) is 0 Å². The molecule has 0 aromatic heterocycles. The van der Waals surface area contributed by atoms with Gasteiger partial charge in [0.2, 0.25) is 0 Å². The van der Waals surface area contributed by atoms with Crippen LogP contribution in [0.5, 0.6) is 0 Å². The number of carbonyl (C=O) groups is 1. The Hall–Kier alpha value is -0.770. The molecule has 13 heavy (non-hydrogen) atoms. The molecule has 2 aliphatic rings. The molecule has 2 fully saturated rings. The first-order valence-corrected chi connectivity index (χ1v) is 5.07. The van der Waals surface area contributed by atoms with Gasteiger partial charge in [0.1, 0.15) is 0 Å². The van der Waals surface area contributed by atoms with Gasteiger partial charge < -0.3 is 5.32 Å². The van der Waals surface area contributed by atoms with Crippen molar-refractivity contribution in [2.24, 2.45) is 0 Å². The molecule has 0 atom stereocenters. The van der Waals surface area contributed by atoms with Gasteiger partial charge in [0.15, 0.2) is 0 Å². The van der Waals surface area contributed by atoms with Gasteiger partial charge >= 0.3 is 6.03 Å². The third kappa shape index (κ3) is 2.12. The zero-order valence-electron chi connectivity index (χ0n) is 7.79. The maximum atomic E-state index is 11.5. The highest BCUT2D eigenvalue weighted by Crippen LogP contribution is 2.18. The Labute approximate surface area is 78.2 Å². The Morgan fingerprint density at radius 3 is 2.69 bits per heavy atom. The normalized spacial score (nSPS) is 23.8. The van der Waals surface area contributed by atoms with E-state index in [1.807, 2.05) is 0 Å². The van der Waals surface area contributed by atoms with Crippen LogP contribution in [0.3, 0.4) is 0 Å². The lowest BCUT2D eigenvalue weighted by Crippen LogP contribution is -2.41. The Morgan fingerprint density at radius 2 is 2.08 bits per heavy atom. The van der Waals surface area contributed by atoms with Gasteiger partial charge in [0, 0.05) is 6.04 Å². The van der Waals surface area contributed by atoms with Crippen molar-refractivity contribution in [1.29, 1.82) is 0 Å². The summed E-state index contributed by atoms with van der Waals surface area (Å²) in [6.45, 7) is 1.41. The number of hydroxylamine groups is 2. The molecule has 0 spiro atoms. The first-order valence-electron chi connectivity index (χ1n) is 5.07. The maximum absolute atomic E-state index is 11.5. The maximum Gasteiger partial charge on any atom is 0.341 e. The van der Waals surface area contributed by atoms with Gasteiger partial charge in [-0.25, -0.2) is 9.86 Å². The molecule has 4 nitrogen and oxygen atoms in total. The minimum Gasteiger partial charge on any atom is -0.333 e. The van der Waals surface area contributed by atoms with Crippen LogP contribution < -0.4 is 5.32 Å². The summed E-state index contributed by atoms with van der Waals surface area (Å²) in [6, 6.07) is 0.334. The molecule has 0 bridgehead atoms. The average molecular weight is 184 g/mol. The molecular formula is C9H16N2O2. The number of hydrogen-bond donors (Lipinski definition) is 1. The van der Waals surface area contributed by atoms with Crippen LogP contribution in [-0.2, 0) is 4.84 Å². The molecule has 1 N–H and O–H groups in total. The van der Waals surface area contributed by atoms with E-state index in [1.165, 1.54) is 17.9 Å². The van der Waals surface area contributed by atoms with Gasteiger partial charge in [-0.1, -0.05) is 12.8 Å². The highest BCUT2D eigenvalue weighted by atomic mass is 16.7. The number of nitrogens with one attached hydrogen (secondary N) is 1. The molecule has 2 amide bonds. The number of hydrogen-bond acceptors (Lipinski definition) is 2. The monoisotopic (exact) mass is 184 g/mol. The Bertz CT molecular complexity index is 184. The number of urea groups is 1. The smallest absolute Gasteiger partial charge is 0.333 e. The fraction of sp³-hybridized carbons (Fsp3) is 0.889. The first kappa shape index (κ1) is 8.81. The zero-order valence-corrected chi connectivity index (χ0v) is 7.79. The quantitative estimate of drug-likeness (QED) is 0.667. The van der Waals surface area contributed by atoms with Crippen molar-refractivity contribution in [2.75, 3.05) is 13.2 Å². The summed E-state index contributed by atoms with van der Waals surface area (Å²) in [5.41, 5.74) is 0. The second kappa shape index (κ2) is 3.96. The standard InChI is InChI=1S/C9H16N2O2/c12-9(11-6-3-7-13-11)10-8-4-1-2-5-8/h8H,1-7H2,(H,10,12). The van der Waals surface area contributed by atoms with E-state index in [1.54, 1.807) is 0 Å². The van der Waals surface area contributed by atoms with Gasteiger partial charge in [-0.15, -0.1) is 0 Å². The van der Waals surface area contributed by atoms with E-state index in [2.05, 4.69) is 5.32 Å². The first-order chi connectivity index (χ1) is 6.36. The number of nitrogens with zero attached hydrogens (tertiary/aromatic N) is 1. The van der Waals surface area contributed by atoms with Crippen LogP contribution in [0.1, 0.15) is 32.1 Å². The van der Waals surface area contributed by atoms with E-state index in [9.17, 15) is 4.79 Å². The predicted molar refractivity (Wildman–Crippen MR) is 48.1 cm³/mol. The second-order valence-corrected chi connectivity index (χ2v) is 3.72. The summed E-state index contributed by atoms with van der Waals surface area (Å²) in [5, 5.41) is 4.43. The molecule has 0 unspecified atom stereocenters. The number of amides is 2. The molecule has 0 aromatic carbocycles. The molecule has 2 rings (SSSR count). The van der Waals surface area contributed by atoms with E-state index in [0.29, 0.717) is 12.6 Å². The molecule has 1 heterocycles. The van der Waals surface area contributed by atoms with Gasteiger partial charge in [-0.2, -0.15) is 0 Å². The van der Waals surface area contributed by atoms with Crippen molar-refractivity contribution in [3.8, 4) is 0 Å². The lowest BCUT2D eigenvalue weighted by Gasteiger charge is -2.18. The molecule has 4 heteroatoms. The van der Waals surface area contributed by atoms with Crippen molar-refractivity contribution in [2.45, 2.75) is 38.1 Å². The van der Waals surface area contributed by atoms with Gasteiger partial charge in [0.25, 0.3) is 0 Å². The fourth-order valence-corrected chi connectivity index (χ4v) is 1.92. The zero-order chi connectivity index (χ0) is 9.10. The molecule has 74 valence electrons. The average Bonchev–Trinajstić information content (AvgIpc) is 2.74. The van der Waals surface area contributed by atoms with Crippen LogP contribution in [0.15, 0.2) is 0 Å². The van der Waals surface area contributed by atoms with Crippen molar-refractivity contribution in [3.63, 3.8) is 0 Å². The Kier molecular flexibility index (Phi) is 2.68. The van der Waals surface area contributed by atoms with Crippen LogP contribution in [0.25, 0.3) is 0 Å². The van der Waals surface area contributed by atoms with Crippen molar-refractivity contribution in [3.05, 3.63) is 0 Å². The van der Waals surface area contributed by atoms with E-state index in [4.69, 9.17) is 4.84 Å². The molecule has 0 radical (unpaired) electrons. The number of rotatable bonds is 1. The molecular weight excluding hydrogens is 168 g/mol. The van der Waals surface area contributed by atoms with Crippen molar-refractivity contribution >= 4 is 6.03 Å². The Balaban J connectivity index is 1.76. The van der Waals surface area contributed by atoms with E-state index < -0.39 is 0 Å². The molecule has 1 saturated carbocycles. The van der Waals surface area contributed by atoms with Crippen molar-refractivity contribution < 1.29 is 9.63 Å². The second-order valence-electron chi connectivity index (χ2n) is 3.72. The molecule has 0 aromatic rings. The largest absolute Gasteiger partial charge is 0.341 e. The van der Waals surface area contributed by atoms with Crippen molar-refractivity contribution in [1.82, 2.24) is 10.4 Å². The number of carbonyl (C=O) groups excluding carboxylic acids is 1. The van der Waals surface area contributed by atoms with E-state index in [-0.39, 0.29) is 6.03 Å². The fourth-order valence-electron chi connectivity index (χ4n) is 1.92. The third-order valence-corrected chi connectivity index (χ3v) is 2.66. The summed E-state index contributed by atoms with van der Waals surface area (Å²) in [4.78, 5) is 16.6. The lowest BCUT2D eigenvalue weighted by molar-refractivity contribution is -0.0669. The predicted octanol–water partition coefficient (Wildman–Crippen LogP) is 1.28. The summed E-state index contributed by atoms with van der Waals surface area (Å²) >= 11 is 0. The highest BCUT2D eigenvalue weighted by Gasteiger charge is 2.23. The van der Waals surface area contributed by atoms with Crippen LogP contribution in [0, 0.1) is 0 Å². The topological polar surface area (TPSA) is 41.6 Å². The SMILES string of the molecule is O=C(NC1CCCC1)N1CCCO1. The van der Waals surface area contributed by atoms with Gasteiger partial charge in [-0.05, 0) is 19.3 Å². The Morgan fingerprint density at radius 1 is 1.31 bits per heavy atom. The summed E-state index contributed by atoms with van der Waals surface area (Å²) in [7, 11) is 0. The van der Waals surface area contributed by atoms with Gasteiger partial charge in [-0.3, -0.25) is 4.84 Å². The van der Waals surface area contributed by atoms with Gasteiger partial charge in [0.05, 0.1) is 13.2 Å². The summed E-state index contributed by atoms with van der Waals surface area (Å²) < 4.78 is 0. The lowest BCUT2D eigenvalue weighted by atomic mass is 10.2. The van der Waals surface area contributed by atoms with Crippen LogP contribution in [-0.4, -0.2) is 30.3 Å². The highest BCUT2D eigenvalue weighted by molar-refractivity contribution is 5.73. The van der Waals surface area contributed by atoms with Crippen LogP contribution in [0.4, 0.5) is 4.79 Å². The minimum atomic E-state index is -0.0515. The third-order valence-electron chi connectivity index (χ3n) is 2.66. The molecule has 1 saturated heterocycles. The summed E-state index contributed by atoms with van der Waals surface area (Å²) in [6.07, 6.45) is 5.69. The van der Waals surface area contributed by atoms with Crippen LogP contribution >= 0.6 is 0 Å². The summed E-state index contributed by atoms with van der Waals surface area (Å²) in [5.74, 6) is 0.